The Morgan fingerprint density at radius 3 is 2.96 bits per heavy atom. The number of amides is 2. The maximum Gasteiger partial charge on any atom is 0.322 e. The van der Waals surface area contributed by atoms with Crippen LogP contribution in [0.3, 0.4) is 0 Å². The summed E-state index contributed by atoms with van der Waals surface area (Å²) in [6, 6.07) is 7.63. The van der Waals surface area contributed by atoms with Gasteiger partial charge in [-0.2, -0.15) is 0 Å². The first-order valence-corrected chi connectivity index (χ1v) is 9.24. The van der Waals surface area contributed by atoms with Gasteiger partial charge in [0.15, 0.2) is 5.82 Å². The van der Waals surface area contributed by atoms with Crippen LogP contribution in [0.25, 0.3) is 11.4 Å². The third-order valence-electron chi connectivity index (χ3n) is 4.81. The molecule has 2 amide bonds. The van der Waals surface area contributed by atoms with Crippen LogP contribution in [-0.2, 0) is 4.74 Å². The van der Waals surface area contributed by atoms with E-state index in [4.69, 9.17) is 11.2 Å². The van der Waals surface area contributed by atoms with Gasteiger partial charge in [-0.25, -0.2) is 9.48 Å². The number of benzene rings is 1. The molecule has 1 saturated heterocycles. The van der Waals surface area contributed by atoms with Crippen molar-refractivity contribution in [2.75, 3.05) is 25.0 Å². The van der Waals surface area contributed by atoms with Crippen molar-refractivity contribution in [2.24, 2.45) is 0 Å². The van der Waals surface area contributed by atoms with E-state index in [1.54, 1.807) is 4.90 Å². The molecule has 1 aromatic carbocycles. The molecule has 27 heavy (non-hydrogen) atoms. The molecular formula is C19H22N6O2. The van der Waals surface area contributed by atoms with Gasteiger partial charge in [0, 0.05) is 18.7 Å². The van der Waals surface area contributed by atoms with Gasteiger partial charge in [-0.3, -0.25) is 0 Å². The van der Waals surface area contributed by atoms with E-state index < -0.39 is 0 Å². The molecule has 2 fully saturated rings. The zero-order chi connectivity index (χ0) is 18.6. The molecule has 8 heteroatoms. The molecule has 2 heterocycles. The van der Waals surface area contributed by atoms with Crippen LogP contribution in [0.5, 0.6) is 0 Å². The van der Waals surface area contributed by atoms with Gasteiger partial charge in [0.1, 0.15) is 0 Å². The molecule has 1 aromatic heterocycles. The lowest BCUT2D eigenvalue weighted by Crippen LogP contribution is -2.40. The van der Waals surface area contributed by atoms with E-state index in [-0.39, 0.29) is 18.7 Å². The van der Waals surface area contributed by atoms with Crippen LogP contribution >= 0.6 is 0 Å². The van der Waals surface area contributed by atoms with Gasteiger partial charge in [-0.1, -0.05) is 18.1 Å². The number of ether oxygens (including phenoxy) is 1. The van der Waals surface area contributed by atoms with Crippen LogP contribution in [0.1, 0.15) is 31.7 Å². The number of terminal acetylenes is 1. The standard InChI is InChI=1S/C19H22N6O2/c1-2-11-24(13-15-6-5-12-27-15)19(26)20-17-8-4-3-7-16(17)18-21-22-23-25(18)14-9-10-14/h1,3-4,7-8,14-15H,5-6,9-13H2,(H,20,26)/t15-/m1/s1. The summed E-state index contributed by atoms with van der Waals surface area (Å²) in [5.74, 6) is 3.22. The largest absolute Gasteiger partial charge is 0.376 e. The highest BCUT2D eigenvalue weighted by atomic mass is 16.5. The summed E-state index contributed by atoms with van der Waals surface area (Å²) >= 11 is 0. The number of anilines is 1. The molecule has 4 rings (SSSR count). The topological polar surface area (TPSA) is 85.2 Å². The first kappa shape index (κ1) is 17.5. The zero-order valence-corrected chi connectivity index (χ0v) is 15.0. The summed E-state index contributed by atoms with van der Waals surface area (Å²) < 4.78 is 7.47. The number of nitrogens with zero attached hydrogens (tertiary/aromatic N) is 5. The van der Waals surface area contributed by atoms with Crippen molar-refractivity contribution < 1.29 is 9.53 Å². The summed E-state index contributed by atoms with van der Waals surface area (Å²) in [6.07, 6.45) is 9.61. The highest BCUT2D eigenvalue weighted by Gasteiger charge is 2.29. The summed E-state index contributed by atoms with van der Waals surface area (Å²) in [5, 5.41) is 15.0. The minimum atomic E-state index is -0.249. The number of hydrogen-bond donors (Lipinski definition) is 1. The molecule has 1 N–H and O–H groups in total. The van der Waals surface area contributed by atoms with Crippen LogP contribution in [0, 0.1) is 12.3 Å². The fourth-order valence-corrected chi connectivity index (χ4v) is 3.28. The molecule has 1 aliphatic carbocycles. The molecule has 1 aliphatic heterocycles. The van der Waals surface area contributed by atoms with E-state index in [2.05, 4.69) is 26.8 Å². The predicted molar refractivity (Wildman–Crippen MR) is 99.9 cm³/mol. The Hall–Kier alpha value is -2.92. The van der Waals surface area contributed by atoms with Gasteiger partial charge in [0.05, 0.1) is 24.4 Å². The van der Waals surface area contributed by atoms with Gasteiger partial charge in [-0.05, 0) is 48.2 Å². The Morgan fingerprint density at radius 1 is 1.37 bits per heavy atom. The smallest absolute Gasteiger partial charge is 0.322 e. The summed E-state index contributed by atoms with van der Waals surface area (Å²) in [6.45, 7) is 1.45. The predicted octanol–water partition coefficient (Wildman–Crippen LogP) is 2.32. The molecule has 0 bridgehead atoms. The van der Waals surface area contributed by atoms with Crippen LogP contribution in [0.2, 0.25) is 0 Å². The number of carbonyl (C=O) groups is 1. The van der Waals surface area contributed by atoms with Gasteiger partial charge in [0.2, 0.25) is 0 Å². The molecule has 8 nitrogen and oxygen atoms in total. The van der Waals surface area contributed by atoms with Crippen molar-refractivity contribution in [3.05, 3.63) is 24.3 Å². The van der Waals surface area contributed by atoms with Crippen LogP contribution < -0.4 is 5.32 Å². The van der Waals surface area contributed by atoms with Gasteiger partial charge >= 0.3 is 6.03 Å². The third kappa shape index (κ3) is 3.93. The van der Waals surface area contributed by atoms with E-state index in [0.717, 1.165) is 37.9 Å². The van der Waals surface area contributed by atoms with Crippen molar-refractivity contribution in [2.45, 2.75) is 37.8 Å². The van der Waals surface area contributed by atoms with Crippen molar-refractivity contribution in [1.82, 2.24) is 25.1 Å². The Kier molecular flexibility index (Phi) is 5.03. The lowest BCUT2D eigenvalue weighted by Gasteiger charge is -2.24. The summed E-state index contributed by atoms with van der Waals surface area (Å²) in [7, 11) is 0. The van der Waals surface area contributed by atoms with E-state index in [1.165, 1.54) is 0 Å². The lowest BCUT2D eigenvalue weighted by atomic mass is 10.1. The number of hydrogen-bond acceptors (Lipinski definition) is 5. The van der Waals surface area contributed by atoms with E-state index in [1.807, 2.05) is 28.9 Å². The number of carbonyl (C=O) groups excluding carboxylic acids is 1. The van der Waals surface area contributed by atoms with Crippen LogP contribution in [-0.4, -0.2) is 56.9 Å². The average molecular weight is 366 g/mol. The minimum absolute atomic E-state index is 0.0431. The lowest BCUT2D eigenvalue weighted by molar-refractivity contribution is 0.0868. The van der Waals surface area contributed by atoms with Crippen molar-refractivity contribution in [3.63, 3.8) is 0 Å². The van der Waals surface area contributed by atoms with Crippen molar-refractivity contribution in [1.29, 1.82) is 0 Å². The molecule has 2 aliphatic rings. The number of rotatable bonds is 6. The molecule has 0 radical (unpaired) electrons. The second-order valence-corrected chi connectivity index (χ2v) is 6.87. The normalized spacial score (nSPS) is 18.9. The Bertz CT molecular complexity index is 848. The molecule has 0 spiro atoms. The Labute approximate surface area is 157 Å². The molecule has 1 saturated carbocycles. The Balaban J connectivity index is 1.53. The Morgan fingerprint density at radius 2 is 2.22 bits per heavy atom. The average Bonchev–Trinajstić information content (AvgIpc) is 3.18. The van der Waals surface area contributed by atoms with Crippen molar-refractivity contribution >= 4 is 11.7 Å². The maximum absolute atomic E-state index is 12.8. The van der Waals surface area contributed by atoms with E-state index in [0.29, 0.717) is 24.1 Å². The number of tetrazole rings is 1. The minimum Gasteiger partial charge on any atom is -0.376 e. The second-order valence-electron chi connectivity index (χ2n) is 6.87. The number of nitrogens with one attached hydrogen (secondary N) is 1. The van der Waals surface area contributed by atoms with Gasteiger partial charge < -0.3 is 15.0 Å². The fourth-order valence-electron chi connectivity index (χ4n) is 3.28. The van der Waals surface area contributed by atoms with Gasteiger partial charge in [0.25, 0.3) is 0 Å². The highest BCUT2D eigenvalue weighted by Crippen LogP contribution is 2.38. The quantitative estimate of drug-likeness (QED) is 0.793. The number of urea groups is 1. The first-order chi connectivity index (χ1) is 13.3. The number of para-hydroxylation sites is 1. The van der Waals surface area contributed by atoms with Gasteiger partial charge in [-0.15, -0.1) is 11.5 Å². The maximum atomic E-state index is 12.8. The molecule has 140 valence electrons. The monoisotopic (exact) mass is 366 g/mol. The number of aromatic nitrogens is 4. The second kappa shape index (κ2) is 7.76. The highest BCUT2D eigenvalue weighted by molar-refractivity contribution is 5.93. The molecule has 2 aromatic rings. The fraction of sp³-hybridized carbons (Fsp3) is 0.474. The van der Waals surface area contributed by atoms with Crippen LogP contribution in [0.4, 0.5) is 10.5 Å². The molecular weight excluding hydrogens is 344 g/mol. The van der Waals surface area contributed by atoms with E-state index >= 15 is 0 Å². The summed E-state index contributed by atoms with van der Waals surface area (Å²) in [4.78, 5) is 14.5. The zero-order valence-electron chi connectivity index (χ0n) is 15.0. The third-order valence-corrected chi connectivity index (χ3v) is 4.81. The van der Waals surface area contributed by atoms with E-state index in [9.17, 15) is 4.79 Å². The van der Waals surface area contributed by atoms with Crippen molar-refractivity contribution in [3.8, 4) is 23.7 Å². The molecule has 0 unspecified atom stereocenters. The molecule has 1 atom stereocenters. The van der Waals surface area contributed by atoms with Crippen LogP contribution in [0.15, 0.2) is 24.3 Å². The first-order valence-electron chi connectivity index (χ1n) is 9.24. The SMILES string of the molecule is C#CCN(C[C@H]1CCCO1)C(=O)Nc1ccccc1-c1nnnn1C1CC1. The summed E-state index contributed by atoms with van der Waals surface area (Å²) in [5.41, 5.74) is 1.45.